The molecule has 0 aromatic rings. The van der Waals surface area contributed by atoms with E-state index in [0.717, 1.165) is 0 Å². The minimum Gasteiger partial charge on any atom is -0.413 e. The van der Waals surface area contributed by atoms with Gasteiger partial charge in [0.25, 0.3) is 6.47 Å². The summed E-state index contributed by atoms with van der Waals surface area (Å²) in [6.07, 6.45) is -0.153. The van der Waals surface area contributed by atoms with E-state index in [2.05, 4.69) is 9.47 Å². The molecular weight excluding hydrogens is 124 g/mol. The van der Waals surface area contributed by atoms with Gasteiger partial charge < -0.3 is 14.6 Å². The van der Waals surface area contributed by atoms with E-state index in [0.29, 0.717) is 0 Å². The van der Waals surface area contributed by atoms with Crippen molar-refractivity contribution in [2.45, 2.75) is 26.4 Å². The lowest BCUT2D eigenvalue weighted by Crippen LogP contribution is -2.19. The smallest absolute Gasteiger partial charge is 0.315 e. The van der Waals surface area contributed by atoms with Gasteiger partial charge in [0.2, 0.25) is 0 Å². The van der Waals surface area contributed by atoms with Crippen molar-refractivity contribution in [1.29, 1.82) is 0 Å². The zero-order chi connectivity index (χ0) is 7.28. The van der Waals surface area contributed by atoms with E-state index in [9.17, 15) is 4.79 Å². The van der Waals surface area contributed by atoms with Crippen LogP contribution in [0.15, 0.2) is 0 Å². The molecule has 0 bridgehead atoms. The summed E-state index contributed by atoms with van der Waals surface area (Å²) in [5.41, 5.74) is 0. The van der Waals surface area contributed by atoms with Gasteiger partial charge in [0.1, 0.15) is 0 Å². The van der Waals surface area contributed by atoms with Crippen molar-refractivity contribution < 1.29 is 19.4 Å². The molecule has 54 valence electrons. The minimum atomic E-state index is -1.43. The maximum Gasteiger partial charge on any atom is 0.315 e. The van der Waals surface area contributed by atoms with Gasteiger partial charge in [-0.2, -0.15) is 0 Å². The van der Waals surface area contributed by atoms with Crippen LogP contribution in [0.5, 0.6) is 0 Å². The summed E-state index contributed by atoms with van der Waals surface area (Å²) in [6, 6.07) is 0. The predicted octanol–water partition coefficient (Wildman–Crippen LogP) is -0.140. The van der Waals surface area contributed by atoms with Gasteiger partial charge in [0, 0.05) is 0 Å². The highest BCUT2D eigenvalue weighted by molar-refractivity contribution is 5.36. The lowest BCUT2D eigenvalue weighted by molar-refractivity contribution is -0.257. The molecule has 0 aliphatic carbocycles. The molecule has 0 rings (SSSR count). The largest absolute Gasteiger partial charge is 0.413 e. The molecule has 1 atom stereocenters. The second-order valence-corrected chi connectivity index (χ2v) is 1.72. The first-order valence-electron chi connectivity index (χ1n) is 2.59. The van der Waals surface area contributed by atoms with E-state index >= 15 is 0 Å². The zero-order valence-corrected chi connectivity index (χ0v) is 5.40. The van der Waals surface area contributed by atoms with Gasteiger partial charge in [-0.3, -0.25) is 4.79 Å². The van der Waals surface area contributed by atoms with Crippen LogP contribution in [0.25, 0.3) is 0 Å². The van der Waals surface area contributed by atoms with Crippen molar-refractivity contribution in [3.63, 3.8) is 0 Å². The molecule has 0 spiro atoms. The Morgan fingerprint density at radius 1 is 1.56 bits per heavy atom. The summed E-state index contributed by atoms with van der Waals surface area (Å²) < 4.78 is 8.60. The Labute approximate surface area is 53.4 Å². The SMILES string of the molecule is CC(C)OC(O)OC=O. The van der Waals surface area contributed by atoms with Crippen molar-refractivity contribution in [1.82, 2.24) is 0 Å². The van der Waals surface area contributed by atoms with Crippen LogP contribution >= 0.6 is 0 Å². The van der Waals surface area contributed by atoms with E-state index in [1.54, 1.807) is 13.8 Å². The third kappa shape index (κ3) is 5.26. The predicted molar refractivity (Wildman–Crippen MR) is 29.4 cm³/mol. The number of carbonyl (C=O) groups excluding carboxylic acids is 1. The molecule has 0 fully saturated rings. The van der Waals surface area contributed by atoms with Crippen LogP contribution in [0.4, 0.5) is 0 Å². The molecule has 0 amide bonds. The van der Waals surface area contributed by atoms with Gasteiger partial charge in [-0.05, 0) is 13.8 Å². The monoisotopic (exact) mass is 134 g/mol. The Hall–Kier alpha value is -0.610. The van der Waals surface area contributed by atoms with E-state index in [-0.39, 0.29) is 12.6 Å². The first-order chi connectivity index (χ1) is 4.16. The molecule has 1 unspecified atom stereocenters. The minimum absolute atomic E-state index is 0.132. The normalized spacial score (nSPS) is 13.3. The third-order valence-corrected chi connectivity index (χ3v) is 0.561. The fourth-order valence-electron chi connectivity index (χ4n) is 0.312. The van der Waals surface area contributed by atoms with Crippen LogP contribution in [0, 0.1) is 0 Å². The zero-order valence-electron chi connectivity index (χ0n) is 5.40. The lowest BCUT2D eigenvalue weighted by atomic mass is 10.5. The highest BCUT2D eigenvalue weighted by atomic mass is 16.8. The first-order valence-corrected chi connectivity index (χ1v) is 2.59. The van der Waals surface area contributed by atoms with Crippen LogP contribution in [-0.2, 0) is 14.3 Å². The molecule has 0 saturated carbocycles. The maximum absolute atomic E-state index is 9.53. The molecule has 0 radical (unpaired) electrons. The number of aliphatic hydroxyl groups is 1. The molecule has 1 N–H and O–H groups in total. The van der Waals surface area contributed by atoms with Crippen molar-refractivity contribution in [3.8, 4) is 0 Å². The Bertz CT molecular complexity index is 81.0. The molecule has 0 aliphatic heterocycles. The first kappa shape index (κ1) is 8.39. The number of ether oxygens (including phenoxy) is 2. The van der Waals surface area contributed by atoms with Crippen molar-refractivity contribution >= 4 is 6.47 Å². The molecule has 0 aromatic heterocycles. The second-order valence-electron chi connectivity index (χ2n) is 1.72. The standard InChI is InChI=1S/C5H10O4/c1-4(2)9-5(7)8-3-6/h3-5,7H,1-2H3. The van der Waals surface area contributed by atoms with Crippen LogP contribution < -0.4 is 0 Å². The highest BCUT2D eigenvalue weighted by Gasteiger charge is 2.04. The fraction of sp³-hybridized carbons (Fsp3) is 0.800. The van der Waals surface area contributed by atoms with Crippen LogP contribution in [0.3, 0.4) is 0 Å². The summed E-state index contributed by atoms with van der Waals surface area (Å²) in [7, 11) is 0. The Morgan fingerprint density at radius 2 is 2.11 bits per heavy atom. The van der Waals surface area contributed by atoms with Gasteiger partial charge in [-0.25, -0.2) is 0 Å². The van der Waals surface area contributed by atoms with E-state index in [4.69, 9.17) is 5.11 Å². The van der Waals surface area contributed by atoms with Crippen LogP contribution in [-0.4, -0.2) is 24.2 Å². The molecule has 0 heterocycles. The second kappa shape index (κ2) is 4.29. The topological polar surface area (TPSA) is 55.8 Å². The average molecular weight is 134 g/mol. The molecule has 0 aromatic carbocycles. The fourth-order valence-corrected chi connectivity index (χ4v) is 0.312. The average Bonchev–Trinajstić information content (AvgIpc) is 1.63. The van der Waals surface area contributed by atoms with Gasteiger partial charge in [0.15, 0.2) is 0 Å². The molecular formula is C5H10O4. The summed E-state index contributed by atoms with van der Waals surface area (Å²) in [4.78, 5) is 9.53. The molecule has 9 heavy (non-hydrogen) atoms. The van der Waals surface area contributed by atoms with Crippen molar-refractivity contribution in [2.24, 2.45) is 0 Å². The van der Waals surface area contributed by atoms with E-state index in [1.807, 2.05) is 0 Å². The summed E-state index contributed by atoms with van der Waals surface area (Å²) in [5, 5.41) is 8.54. The Morgan fingerprint density at radius 3 is 2.44 bits per heavy atom. The number of hydrogen-bond acceptors (Lipinski definition) is 4. The van der Waals surface area contributed by atoms with Crippen molar-refractivity contribution in [2.75, 3.05) is 0 Å². The van der Waals surface area contributed by atoms with Crippen LogP contribution in [0.2, 0.25) is 0 Å². The van der Waals surface area contributed by atoms with E-state index < -0.39 is 6.48 Å². The Kier molecular flexibility index (Phi) is 4.00. The number of aliphatic hydroxyl groups excluding tert-OH is 1. The quantitative estimate of drug-likeness (QED) is 0.429. The molecule has 4 nitrogen and oxygen atoms in total. The highest BCUT2D eigenvalue weighted by Crippen LogP contribution is 1.93. The number of carbonyl (C=O) groups is 1. The Balaban J connectivity index is 3.25. The van der Waals surface area contributed by atoms with Gasteiger partial charge in [0.05, 0.1) is 6.10 Å². The number of rotatable bonds is 4. The number of hydrogen-bond donors (Lipinski definition) is 1. The lowest BCUT2D eigenvalue weighted by Gasteiger charge is -2.11. The maximum atomic E-state index is 9.53. The summed E-state index contributed by atoms with van der Waals surface area (Å²) >= 11 is 0. The van der Waals surface area contributed by atoms with E-state index in [1.165, 1.54) is 0 Å². The molecule has 0 saturated heterocycles. The van der Waals surface area contributed by atoms with Crippen LogP contribution in [0.1, 0.15) is 13.8 Å². The van der Waals surface area contributed by atoms with Gasteiger partial charge >= 0.3 is 6.48 Å². The summed E-state index contributed by atoms with van der Waals surface area (Å²) in [6.45, 7) is 2.14. The van der Waals surface area contributed by atoms with Gasteiger partial charge in [-0.15, -0.1) is 0 Å². The molecule has 4 heteroatoms. The summed E-state index contributed by atoms with van der Waals surface area (Å²) in [5.74, 6) is 0. The van der Waals surface area contributed by atoms with Gasteiger partial charge in [-0.1, -0.05) is 0 Å². The van der Waals surface area contributed by atoms with Crippen molar-refractivity contribution in [3.05, 3.63) is 0 Å². The third-order valence-electron chi connectivity index (χ3n) is 0.561. The molecule has 0 aliphatic rings.